The predicted molar refractivity (Wildman–Crippen MR) is 82.7 cm³/mol. The van der Waals surface area contributed by atoms with Crippen molar-refractivity contribution in [3.8, 4) is 0 Å². The van der Waals surface area contributed by atoms with Crippen molar-refractivity contribution < 1.29 is 0 Å². The summed E-state index contributed by atoms with van der Waals surface area (Å²) in [6, 6.07) is 6.55. The Balaban J connectivity index is 1.81. The predicted octanol–water partition coefficient (Wildman–Crippen LogP) is 4.74. The highest BCUT2D eigenvalue weighted by molar-refractivity contribution is 9.10. The standard InChI is InChI=1S/C14H16BrN3S/c1-2-10(11-4-3-7-19-11)16-13-8-12(15)17-14(18-13)9-5-6-9/h3-4,7-10H,2,5-6H2,1H3,(H,16,17,18). The van der Waals surface area contributed by atoms with Crippen molar-refractivity contribution in [1.29, 1.82) is 0 Å². The van der Waals surface area contributed by atoms with Crippen LogP contribution < -0.4 is 5.32 Å². The lowest BCUT2D eigenvalue weighted by Gasteiger charge is -2.16. The Morgan fingerprint density at radius 1 is 1.47 bits per heavy atom. The molecule has 3 rings (SSSR count). The Hall–Kier alpha value is -0.940. The molecule has 0 aliphatic heterocycles. The Kier molecular flexibility index (Phi) is 3.84. The molecule has 0 radical (unpaired) electrons. The molecule has 19 heavy (non-hydrogen) atoms. The fourth-order valence-electron chi connectivity index (χ4n) is 2.08. The minimum atomic E-state index is 0.328. The second-order valence-corrected chi connectivity index (χ2v) is 6.62. The molecule has 0 amide bonds. The summed E-state index contributed by atoms with van der Waals surface area (Å²) in [6.07, 6.45) is 3.48. The molecular formula is C14H16BrN3S. The number of hydrogen-bond acceptors (Lipinski definition) is 4. The lowest BCUT2D eigenvalue weighted by Crippen LogP contribution is -2.10. The number of nitrogens with zero attached hydrogens (tertiary/aromatic N) is 2. The van der Waals surface area contributed by atoms with E-state index in [-0.39, 0.29) is 0 Å². The highest BCUT2D eigenvalue weighted by Crippen LogP contribution is 2.39. The van der Waals surface area contributed by atoms with Crippen LogP contribution in [0.2, 0.25) is 0 Å². The molecule has 2 aromatic heterocycles. The third kappa shape index (κ3) is 3.15. The third-order valence-corrected chi connectivity index (χ3v) is 4.66. The van der Waals surface area contributed by atoms with E-state index in [4.69, 9.17) is 0 Å². The number of nitrogens with one attached hydrogen (secondary N) is 1. The number of thiophene rings is 1. The maximum Gasteiger partial charge on any atom is 0.135 e. The first kappa shape index (κ1) is 13.1. The fraction of sp³-hybridized carbons (Fsp3) is 0.429. The lowest BCUT2D eigenvalue weighted by molar-refractivity contribution is 0.753. The second-order valence-electron chi connectivity index (χ2n) is 4.83. The van der Waals surface area contributed by atoms with Crippen LogP contribution in [0.15, 0.2) is 28.2 Å². The fourth-order valence-corrected chi connectivity index (χ4v) is 3.34. The first-order valence-corrected chi connectivity index (χ1v) is 8.28. The van der Waals surface area contributed by atoms with Gasteiger partial charge in [0.05, 0.1) is 6.04 Å². The Morgan fingerprint density at radius 3 is 2.95 bits per heavy atom. The summed E-state index contributed by atoms with van der Waals surface area (Å²) in [5.41, 5.74) is 0. The van der Waals surface area contributed by atoms with Gasteiger partial charge in [-0.2, -0.15) is 0 Å². The molecule has 5 heteroatoms. The maximum absolute atomic E-state index is 4.65. The molecule has 2 heterocycles. The largest absolute Gasteiger partial charge is 0.362 e. The molecule has 1 aliphatic rings. The molecule has 3 nitrogen and oxygen atoms in total. The second kappa shape index (κ2) is 5.59. The Morgan fingerprint density at radius 2 is 2.32 bits per heavy atom. The molecule has 1 aliphatic carbocycles. The third-order valence-electron chi connectivity index (χ3n) is 3.27. The first-order chi connectivity index (χ1) is 9.26. The molecule has 1 N–H and O–H groups in total. The van der Waals surface area contributed by atoms with Crippen molar-refractivity contribution in [2.75, 3.05) is 5.32 Å². The van der Waals surface area contributed by atoms with Gasteiger partial charge < -0.3 is 5.32 Å². The zero-order chi connectivity index (χ0) is 13.2. The van der Waals surface area contributed by atoms with Gasteiger partial charge in [0.25, 0.3) is 0 Å². The van der Waals surface area contributed by atoms with Crippen LogP contribution in [0.25, 0.3) is 0 Å². The van der Waals surface area contributed by atoms with E-state index in [0.717, 1.165) is 22.7 Å². The summed E-state index contributed by atoms with van der Waals surface area (Å²) in [7, 11) is 0. The van der Waals surface area contributed by atoms with Gasteiger partial charge in [-0.05, 0) is 46.6 Å². The van der Waals surface area contributed by atoms with Gasteiger partial charge in [0.15, 0.2) is 0 Å². The molecule has 0 aromatic carbocycles. The van der Waals surface area contributed by atoms with Gasteiger partial charge in [0.1, 0.15) is 16.2 Å². The summed E-state index contributed by atoms with van der Waals surface area (Å²) < 4.78 is 0.868. The molecule has 1 unspecified atom stereocenters. The molecular weight excluding hydrogens is 322 g/mol. The molecule has 0 spiro atoms. The van der Waals surface area contributed by atoms with Gasteiger partial charge in [-0.15, -0.1) is 11.3 Å². The number of rotatable bonds is 5. The minimum Gasteiger partial charge on any atom is -0.362 e. The summed E-state index contributed by atoms with van der Waals surface area (Å²) in [6.45, 7) is 2.19. The van der Waals surface area contributed by atoms with Crippen LogP contribution in [-0.2, 0) is 0 Å². The van der Waals surface area contributed by atoms with Crippen LogP contribution in [0, 0.1) is 0 Å². The normalized spacial score (nSPS) is 16.3. The van der Waals surface area contributed by atoms with Gasteiger partial charge in [0.2, 0.25) is 0 Å². The molecule has 2 aromatic rings. The minimum absolute atomic E-state index is 0.328. The first-order valence-electron chi connectivity index (χ1n) is 6.60. The van der Waals surface area contributed by atoms with Crippen molar-refractivity contribution in [2.24, 2.45) is 0 Å². The van der Waals surface area contributed by atoms with E-state index < -0.39 is 0 Å². The van der Waals surface area contributed by atoms with Gasteiger partial charge in [-0.25, -0.2) is 9.97 Å². The van der Waals surface area contributed by atoms with Crippen molar-refractivity contribution in [2.45, 2.75) is 38.1 Å². The topological polar surface area (TPSA) is 37.8 Å². The van der Waals surface area contributed by atoms with E-state index in [1.165, 1.54) is 17.7 Å². The van der Waals surface area contributed by atoms with Crippen LogP contribution in [0.5, 0.6) is 0 Å². The molecule has 1 saturated carbocycles. The summed E-state index contributed by atoms with van der Waals surface area (Å²) >= 11 is 5.27. The Labute approximate surface area is 125 Å². The number of hydrogen-bond donors (Lipinski definition) is 1. The van der Waals surface area contributed by atoms with E-state index in [1.54, 1.807) is 11.3 Å². The van der Waals surface area contributed by atoms with Crippen LogP contribution in [0.4, 0.5) is 5.82 Å². The molecule has 0 saturated heterocycles. The Bertz CT molecular complexity index is 552. The molecule has 1 fully saturated rings. The molecule has 0 bridgehead atoms. The number of anilines is 1. The van der Waals surface area contributed by atoms with Crippen LogP contribution >= 0.6 is 27.3 Å². The van der Waals surface area contributed by atoms with Gasteiger partial charge in [-0.3, -0.25) is 0 Å². The van der Waals surface area contributed by atoms with Crippen LogP contribution in [-0.4, -0.2) is 9.97 Å². The van der Waals surface area contributed by atoms with Gasteiger partial charge >= 0.3 is 0 Å². The molecule has 100 valence electrons. The van der Waals surface area contributed by atoms with Crippen molar-refractivity contribution in [3.05, 3.63) is 38.9 Å². The lowest BCUT2D eigenvalue weighted by atomic mass is 10.2. The summed E-state index contributed by atoms with van der Waals surface area (Å²) in [4.78, 5) is 10.5. The van der Waals surface area contributed by atoms with Crippen molar-refractivity contribution in [1.82, 2.24) is 9.97 Å². The van der Waals surface area contributed by atoms with Crippen LogP contribution in [0.3, 0.4) is 0 Å². The van der Waals surface area contributed by atoms with E-state index >= 15 is 0 Å². The average Bonchev–Trinajstić information content (AvgIpc) is 3.11. The highest BCUT2D eigenvalue weighted by atomic mass is 79.9. The van der Waals surface area contributed by atoms with Crippen molar-refractivity contribution >= 4 is 33.1 Å². The van der Waals surface area contributed by atoms with Crippen molar-refractivity contribution in [3.63, 3.8) is 0 Å². The SMILES string of the molecule is CCC(Nc1cc(Br)nc(C2CC2)n1)c1cccs1. The van der Waals surface area contributed by atoms with Crippen LogP contribution in [0.1, 0.15) is 48.8 Å². The average molecular weight is 338 g/mol. The highest BCUT2D eigenvalue weighted by Gasteiger charge is 2.27. The number of halogens is 1. The van der Waals surface area contributed by atoms with E-state index in [9.17, 15) is 0 Å². The van der Waals surface area contributed by atoms with E-state index in [0.29, 0.717) is 12.0 Å². The summed E-state index contributed by atoms with van der Waals surface area (Å²) in [5.74, 6) is 2.46. The van der Waals surface area contributed by atoms with E-state index in [1.807, 2.05) is 6.07 Å². The zero-order valence-electron chi connectivity index (χ0n) is 10.8. The van der Waals surface area contributed by atoms with E-state index in [2.05, 4.69) is 55.7 Å². The maximum atomic E-state index is 4.65. The number of aromatic nitrogens is 2. The van der Waals surface area contributed by atoms with Gasteiger partial charge in [-0.1, -0.05) is 13.0 Å². The zero-order valence-corrected chi connectivity index (χ0v) is 13.2. The summed E-state index contributed by atoms with van der Waals surface area (Å²) in [5, 5.41) is 5.64. The molecule has 1 atom stereocenters. The smallest absolute Gasteiger partial charge is 0.135 e. The van der Waals surface area contributed by atoms with Gasteiger partial charge in [0, 0.05) is 16.9 Å². The monoisotopic (exact) mass is 337 g/mol. The quantitative estimate of drug-likeness (QED) is 0.800.